The van der Waals surface area contributed by atoms with Crippen LogP contribution in [0.4, 0.5) is 4.39 Å². The molecule has 0 spiro atoms. The molecule has 3 aromatic heterocycles. The Balaban J connectivity index is 1.33. The molecule has 0 N–H and O–H groups in total. The monoisotopic (exact) mass is 392 g/mol. The Kier molecular flexibility index (Phi) is 4.27. The van der Waals surface area contributed by atoms with E-state index in [0.717, 1.165) is 42.2 Å². The van der Waals surface area contributed by atoms with Crippen molar-refractivity contribution < 1.29 is 13.7 Å². The zero-order chi connectivity index (χ0) is 19.8. The largest absolute Gasteiger partial charge is 0.471 e. The van der Waals surface area contributed by atoms with Crippen molar-refractivity contribution in [3.8, 4) is 28.7 Å². The molecule has 29 heavy (non-hydrogen) atoms. The predicted molar refractivity (Wildman–Crippen MR) is 100 cm³/mol. The van der Waals surface area contributed by atoms with Crippen LogP contribution < -0.4 is 4.74 Å². The first-order valence-electron chi connectivity index (χ1n) is 9.27. The Labute approximate surface area is 165 Å². The maximum atomic E-state index is 13.2. The SMILES string of the molecule is Cc1onc(-c2ccc(F)cc2)c1COc1cnc(-c2nnc3n2CCC3)cn1. The third-order valence-electron chi connectivity index (χ3n) is 4.93. The third-order valence-corrected chi connectivity index (χ3v) is 4.93. The van der Waals surface area contributed by atoms with Gasteiger partial charge in [0.2, 0.25) is 5.88 Å². The molecule has 0 saturated carbocycles. The van der Waals surface area contributed by atoms with Gasteiger partial charge in [-0.15, -0.1) is 10.2 Å². The Morgan fingerprint density at radius 1 is 1.14 bits per heavy atom. The molecular formula is C20H17FN6O2. The molecule has 0 aliphatic carbocycles. The first-order valence-corrected chi connectivity index (χ1v) is 9.27. The van der Waals surface area contributed by atoms with E-state index in [1.807, 2.05) is 0 Å². The van der Waals surface area contributed by atoms with Gasteiger partial charge in [0, 0.05) is 18.5 Å². The van der Waals surface area contributed by atoms with Crippen molar-refractivity contribution in [2.75, 3.05) is 0 Å². The highest BCUT2D eigenvalue weighted by Gasteiger charge is 2.20. The molecule has 0 fully saturated rings. The first kappa shape index (κ1) is 17.5. The smallest absolute Gasteiger partial charge is 0.232 e. The number of nitrogens with zero attached hydrogens (tertiary/aromatic N) is 6. The van der Waals surface area contributed by atoms with E-state index in [1.165, 1.54) is 12.1 Å². The van der Waals surface area contributed by atoms with E-state index in [1.54, 1.807) is 31.5 Å². The standard InChI is InChI=1S/C20H17FN6O2/c1-12-15(19(26-29-12)13-4-6-14(21)7-5-13)11-28-18-10-22-16(9-23-18)20-25-24-17-3-2-8-27(17)20/h4-7,9-10H,2-3,8,11H2,1H3. The minimum atomic E-state index is -0.305. The van der Waals surface area contributed by atoms with Crippen LogP contribution in [0.25, 0.3) is 22.8 Å². The second kappa shape index (κ2) is 7.08. The minimum Gasteiger partial charge on any atom is -0.471 e. The molecule has 0 amide bonds. The van der Waals surface area contributed by atoms with Crippen molar-refractivity contribution in [1.29, 1.82) is 0 Å². The number of aromatic nitrogens is 6. The molecule has 1 aliphatic heterocycles. The van der Waals surface area contributed by atoms with Crippen LogP contribution in [0.1, 0.15) is 23.6 Å². The van der Waals surface area contributed by atoms with Crippen LogP contribution in [0.2, 0.25) is 0 Å². The van der Waals surface area contributed by atoms with Crippen molar-refractivity contribution in [3.63, 3.8) is 0 Å². The first-order chi connectivity index (χ1) is 14.2. The molecule has 0 bridgehead atoms. The summed E-state index contributed by atoms with van der Waals surface area (Å²) in [7, 11) is 0. The molecular weight excluding hydrogens is 375 g/mol. The van der Waals surface area contributed by atoms with Gasteiger partial charge in [0.05, 0.1) is 18.0 Å². The maximum absolute atomic E-state index is 13.2. The zero-order valence-electron chi connectivity index (χ0n) is 15.7. The van der Waals surface area contributed by atoms with Crippen molar-refractivity contribution in [2.24, 2.45) is 0 Å². The second-order valence-electron chi connectivity index (χ2n) is 6.80. The van der Waals surface area contributed by atoms with Crippen molar-refractivity contribution in [1.82, 2.24) is 29.9 Å². The average molecular weight is 392 g/mol. The zero-order valence-corrected chi connectivity index (χ0v) is 15.7. The molecule has 0 atom stereocenters. The van der Waals surface area contributed by atoms with Gasteiger partial charge in [0.15, 0.2) is 5.82 Å². The van der Waals surface area contributed by atoms with Gasteiger partial charge in [0.1, 0.15) is 35.4 Å². The van der Waals surface area contributed by atoms with Gasteiger partial charge in [0.25, 0.3) is 0 Å². The van der Waals surface area contributed by atoms with Crippen LogP contribution in [0, 0.1) is 12.7 Å². The average Bonchev–Trinajstić information content (AvgIpc) is 3.44. The van der Waals surface area contributed by atoms with Crippen LogP contribution in [-0.2, 0) is 19.6 Å². The number of hydrogen-bond acceptors (Lipinski definition) is 7. The lowest BCUT2D eigenvalue weighted by Crippen LogP contribution is -2.02. The molecule has 8 nitrogen and oxygen atoms in total. The quantitative estimate of drug-likeness (QED) is 0.514. The molecule has 0 unspecified atom stereocenters. The Morgan fingerprint density at radius 3 is 2.79 bits per heavy atom. The highest BCUT2D eigenvalue weighted by molar-refractivity contribution is 5.63. The van der Waals surface area contributed by atoms with Crippen LogP contribution in [0.5, 0.6) is 5.88 Å². The van der Waals surface area contributed by atoms with E-state index in [9.17, 15) is 4.39 Å². The summed E-state index contributed by atoms with van der Waals surface area (Å²) in [6.07, 6.45) is 5.20. The van der Waals surface area contributed by atoms with Crippen molar-refractivity contribution in [2.45, 2.75) is 32.9 Å². The molecule has 146 valence electrons. The number of hydrogen-bond donors (Lipinski definition) is 0. The summed E-state index contributed by atoms with van der Waals surface area (Å²) < 4.78 is 26.4. The van der Waals surface area contributed by atoms with E-state index in [2.05, 4.69) is 29.9 Å². The Hall–Kier alpha value is -3.62. The number of ether oxygens (including phenoxy) is 1. The van der Waals surface area contributed by atoms with E-state index in [4.69, 9.17) is 9.26 Å². The molecule has 5 rings (SSSR count). The maximum Gasteiger partial charge on any atom is 0.232 e. The lowest BCUT2D eigenvalue weighted by atomic mass is 10.1. The van der Waals surface area contributed by atoms with E-state index < -0.39 is 0 Å². The fourth-order valence-corrected chi connectivity index (χ4v) is 3.39. The number of rotatable bonds is 5. The fourth-order valence-electron chi connectivity index (χ4n) is 3.39. The number of halogens is 1. The van der Waals surface area contributed by atoms with Gasteiger partial charge in [-0.25, -0.2) is 14.4 Å². The molecule has 4 aromatic rings. The third kappa shape index (κ3) is 3.24. The molecule has 0 radical (unpaired) electrons. The number of fused-ring (bicyclic) bond motifs is 1. The van der Waals surface area contributed by atoms with E-state index >= 15 is 0 Å². The highest BCUT2D eigenvalue weighted by atomic mass is 19.1. The van der Waals surface area contributed by atoms with E-state index in [-0.39, 0.29) is 12.4 Å². The second-order valence-corrected chi connectivity index (χ2v) is 6.80. The lowest BCUT2D eigenvalue weighted by Gasteiger charge is -2.07. The van der Waals surface area contributed by atoms with Crippen LogP contribution >= 0.6 is 0 Å². The summed E-state index contributed by atoms with van der Waals surface area (Å²) >= 11 is 0. The topological polar surface area (TPSA) is 91.8 Å². The summed E-state index contributed by atoms with van der Waals surface area (Å²) in [4.78, 5) is 8.76. The van der Waals surface area contributed by atoms with E-state index in [0.29, 0.717) is 23.0 Å². The predicted octanol–water partition coefficient (Wildman–Crippen LogP) is 3.36. The molecule has 0 saturated heterocycles. The Morgan fingerprint density at radius 2 is 2.00 bits per heavy atom. The van der Waals surface area contributed by atoms with Gasteiger partial charge < -0.3 is 13.8 Å². The van der Waals surface area contributed by atoms with Crippen molar-refractivity contribution >= 4 is 0 Å². The molecule has 4 heterocycles. The van der Waals surface area contributed by atoms with Gasteiger partial charge in [-0.3, -0.25) is 0 Å². The lowest BCUT2D eigenvalue weighted by molar-refractivity contribution is 0.289. The molecule has 9 heteroatoms. The van der Waals surface area contributed by atoms with Gasteiger partial charge in [-0.1, -0.05) is 5.16 Å². The number of aryl methyl sites for hydroxylation is 2. The Bertz CT molecular complexity index is 1150. The number of benzene rings is 1. The summed E-state index contributed by atoms with van der Waals surface area (Å²) in [5.74, 6) is 2.41. The highest BCUT2D eigenvalue weighted by Crippen LogP contribution is 2.27. The van der Waals surface area contributed by atoms with Crippen LogP contribution in [-0.4, -0.2) is 29.9 Å². The summed E-state index contributed by atoms with van der Waals surface area (Å²) in [5.41, 5.74) is 2.80. The summed E-state index contributed by atoms with van der Waals surface area (Å²) in [6, 6.07) is 6.08. The normalized spacial score (nSPS) is 12.9. The summed E-state index contributed by atoms with van der Waals surface area (Å²) in [6.45, 7) is 2.91. The van der Waals surface area contributed by atoms with Crippen LogP contribution in [0.15, 0.2) is 41.2 Å². The minimum absolute atomic E-state index is 0.205. The van der Waals surface area contributed by atoms with Gasteiger partial charge >= 0.3 is 0 Å². The van der Waals surface area contributed by atoms with Gasteiger partial charge in [-0.2, -0.15) is 0 Å². The summed E-state index contributed by atoms with van der Waals surface area (Å²) in [5, 5.41) is 12.5. The van der Waals surface area contributed by atoms with Crippen molar-refractivity contribution in [3.05, 3.63) is 59.6 Å². The molecule has 1 aromatic carbocycles. The van der Waals surface area contributed by atoms with Crippen LogP contribution in [0.3, 0.4) is 0 Å². The fraction of sp³-hybridized carbons (Fsp3) is 0.250. The molecule has 1 aliphatic rings. The van der Waals surface area contributed by atoms with Gasteiger partial charge in [-0.05, 0) is 37.6 Å².